The molecular weight excluding hydrogens is 887 g/mol. The highest BCUT2D eigenvalue weighted by atomic mass is 16.5. The van der Waals surface area contributed by atoms with E-state index in [-0.39, 0.29) is 60.2 Å². The van der Waals surface area contributed by atoms with Crippen LogP contribution in [0.1, 0.15) is 104 Å². The molecule has 5 aromatic rings. The maximum atomic E-state index is 13.4. The molecule has 2 aliphatic carbocycles. The first-order valence-corrected chi connectivity index (χ1v) is 25.8. The van der Waals surface area contributed by atoms with Crippen molar-refractivity contribution in [2.45, 2.75) is 126 Å². The minimum absolute atomic E-state index is 0.0368. The van der Waals surface area contributed by atoms with E-state index in [0.29, 0.717) is 43.2 Å². The number of carbonyl (C=O) groups excluding carboxylic acids is 3. The number of hydrogen-bond acceptors (Lipinski definition) is 14. The van der Waals surface area contributed by atoms with Gasteiger partial charge in [0.15, 0.2) is 0 Å². The molecule has 3 amide bonds. The highest BCUT2D eigenvalue weighted by Crippen LogP contribution is 2.49. The Balaban J connectivity index is 0.596. The van der Waals surface area contributed by atoms with Crippen molar-refractivity contribution in [2.24, 2.45) is 0 Å². The molecule has 6 aliphatic heterocycles. The third-order valence-electron chi connectivity index (χ3n) is 16.7. The lowest BCUT2D eigenvalue weighted by Crippen LogP contribution is -2.52. The number of piperazine rings is 1. The van der Waals surface area contributed by atoms with E-state index >= 15 is 0 Å². The molecule has 5 saturated heterocycles. The van der Waals surface area contributed by atoms with Gasteiger partial charge in [-0.2, -0.15) is 9.97 Å². The third-order valence-corrected chi connectivity index (χ3v) is 16.7. The summed E-state index contributed by atoms with van der Waals surface area (Å²) in [6, 6.07) is 16.5. The van der Waals surface area contributed by atoms with Crippen molar-refractivity contribution < 1.29 is 33.7 Å². The minimum atomic E-state index is -0.617. The van der Waals surface area contributed by atoms with Crippen LogP contribution in [0.4, 0.5) is 11.5 Å². The van der Waals surface area contributed by atoms with Gasteiger partial charge in [0.1, 0.15) is 24.2 Å². The molecule has 3 N–H and O–H groups in total. The molecule has 70 heavy (non-hydrogen) atoms. The molecule has 4 atom stereocenters. The summed E-state index contributed by atoms with van der Waals surface area (Å²) in [5.41, 5.74) is 7.61. The summed E-state index contributed by atoms with van der Waals surface area (Å²) in [6.45, 7) is 9.25. The van der Waals surface area contributed by atoms with E-state index in [1.165, 1.54) is 18.4 Å². The molecule has 2 aromatic heterocycles. The predicted molar refractivity (Wildman–Crippen MR) is 263 cm³/mol. The Kier molecular flexibility index (Phi) is 11.1. The highest BCUT2D eigenvalue weighted by Gasteiger charge is 2.42. The number of phenolic OH excluding ortho intramolecular Hbond substituents is 1. The molecule has 3 aromatic carbocycles. The Morgan fingerprint density at radius 1 is 0.800 bits per heavy atom. The number of pyridine rings is 1. The second kappa shape index (κ2) is 17.7. The molecule has 13 rings (SSSR count). The second-order valence-corrected chi connectivity index (χ2v) is 21.1. The summed E-state index contributed by atoms with van der Waals surface area (Å²) in [5.74, 6) is 0.356. The zero-order valence-electron chi connectivity index (χ0n) is 39.8. The van der Waals surface area contributed by atoms with E-state index in [9.17, 15) is 19.5 Å². The topological polar surface area (TPSA) is 175 Å². The maximum Gasteiger partial charge on any atom is 0.319 e. The van der Waals surface area contributed by atoms with Gasteiger partial charge >= 0.3 is 6.01 Å². The number of nitrogens with one attached hydrogen (secondary N) is 2. The standard InChI is InChI=1S/C54H61N9O7/c1-30-39-5-2-4-31-22-34(64)23-41(48(31)39)49-47(30)50-42(26-55-49)51(62-27-32-8-9-33(28-62)56-32)59-54(58-50)68-21-20-60-16-12-35(13-17-60)69-37-24-38(25-37)70-36-14-18-61(19-15-36)44-7-3-6-40-43(44)29-63(53(40)67)45-10-11-46(65)57-52(45)66/h2-7,22-23,26,30,32-33,35-38,45,56,64H,8-21,24-25,27-29H2,1H3,(H,57,65,66). The van der Waals surface area contributed by atoms with Crippen LogP contribution in [0.15, 0.2) is 54.7 Å². The van der Waals surface area contributed by atoms with Crippen molar-refractivity contribution in [3.05, 3.63) is 77.0 Å². The molecule has 2 bridgehead atoms. The first-order valence-electron chi connectivity index (χ1n) is 25.8. The number of aromatic nitrogens is 3. The Labute approximate surface area is 407 Å². The normalized spacial score (nSPS) is 27.0. The zero-order valence-corrected chi connectivity index (χ0v) is 39.8. The maximum absolute atomic E-state index is 13.4. The molecule has 4 unspecified atom stereocenters. The Bertz CT molecular complexity index is 2900. The van der Waals surface area contributed by atoms with Crippen LogP contribution in [0.3, 0.4) is 0 Å². The third kappa shape index (κ3) is 7.91. The van der Waals surface area contributed by atoms with E-state index < -0.39 is 6.04 Å². The van der Waals surface area contributed by atoms with Gasteiger partial charge in [-0.15, -0.1) is 0 Å². The summed E-state index contributed by atoms with van der Waals surface area (Å²) in [4.78, 5) is 62.0. The van der Waals surface area contributed by atoms with Crippen LogP contribution in [-0.2, 0) is 25.6 Å². The summed E-state index contributed by atoms with van der Waals surface area (Å²) >= 11 is 0. The summed E-state index contributed by atoms with van der Waals surface area (Å²) in [6.07, 6.45) is 11.5. The molecule has 16 nitrogen and oxygen atoms in total. The van der Waals surface area contributed by atoms with Crippen LogP contribution in [-0.4, -0.2) is 143 Å². The summed E-state index contributed by atoms with van der Waals surface area (Å²) in [7, 11) is 0. The molecule has 364 valence electrons. The number of benzene rings is 3. The molecule has 1 saturated carbocycles. The number of piperidine rings is 3. The number of rotatable bonds is 11. The Morgan fingerprint density at radius 2 is 1.54 bits per heavy atom. The molecule has 8 heterocycles. The van der Waals surface area contributed by atoms with E-state index in [2.05, 4.69) is 56.5 Å². The van der Waals surface area contributed by atoms with Gasteiger partial charge in [0.25, 0.3) is 5.91 Å². The quantitative estimate of drug-likeness (QED) is 0.136. The zero-order chi connectivity index (χ0) is 47.2. The van der Waals surface area contributed by atoms with Crippen LogP contribution in [0.25, 0.3) is 32.9 Å². The number of anilines is 2. The number of likely N-dealkylation sites (tertiary alicyclic amines) is 1. The molecule has 8 aliphatic rings. The number of aromatic hydroxyl groups is 1. The SMILES string of the molecule is CC1c2c(ncc3c(N4CC5CCC(C4)N5)nc(OCCN4CCC(OC5CC(OC6CCN(c7cccc8c7CN(C7CCC(=O)NC7=O)C8=O)CC6)C5)CC4)nc23)-c2cc(O)cc3cccc1c23. The first kappa shape index (κ1) is 44.0. The van der Waals surface area contributed by atoms with Gasteiger partial charge in [-0.25, -0.2) is 0 Å². The number of amides is 3. The lowest BCUT2D eigenvalue weighted by Gasteiger charge is -2.42. The Morgan fingerprint density at radius 3 is 2.30 bits per heavy atom. The molecule has 6 fully saturated rings. The average molecular weight is 948 g/mol. The van der Waals surface area contributed by atoms with Crippen molar-refractivity contribution in [1.82, 2.24) is 35.4 Å². The molecule has 0 spiro atoms. The van der Waals surface area contributed by atoms with Crippen LogP contribution in [0.5, 0.6) is 11.8 Å². The summed E-state index contributed by atoms with van der Waals surface area (Å²) in [5, 5.41) is 20.0. The number of fused-ring (bicyclic) bond motifs is 7. The largest absolute Gasteiger partial charge is 0.508 e. The van der Waals surface area contributed by atoms with Crippen molar-refractivity contribution in [2.75, 3.05) is 62.2 Å². The van der Waals surface area contributed by atoms with Crippen molar-refractivity contribution in [3.63, 3.8) is 0 Å². The van der Waals surface area contributed by atoms with Crippen molar-refractivity contribution in [3.8, 4) is 23.0 Å². The monoisotopic (exact) mass is 947 g/mol. The summed E-state index contributed by atoms with van der Waals surface area (Å²) < 4.78 is 19.7. The van der Waals surface area contributed by atoms with Crippen molar-refractivity contribution in [1.29, 1.82) is 0 Å². The van der Waals surface area contributed by atoms with Gasteiger partial charge in [0.05, 0.1) is 41.0 Å². The number of hydrogen-bond donors (Lipinski definition) is 3. The van der Waals surface area contributed by atoms with E-state index in [1.807, 2.05) is 30.5 Å². The predicted octanol–water partition coefficient (Wildman–Crippen LogP) is 5.79. The smallest absolute Gasteiger partial charge is 0.319 e. The van der Waals surface area contributed by atoms with Crippen molar-refractivity contribution >= 4 is 50.9 Å². The fourth-order valence-electron chi connectivity index (χ4n) is 13.0. The van der Waals surface area contributed by atoms with Gasteiger partial charge in [-0.3, -0.25) is 29.6 Å². The van der Waals surface area contributed by atoms with Crippen LogP contribution < -0.4 is 25.2 Å². The number of imide groups is 1. The number of ether oxygens (including phenoxy) is 3. The van der Waals surface area contributed by atoms with Gasteiger partial charge < -0.3 is 39.3 Å². The number of carbonyl (C=O) groups is 3. The lowest BCUT2D eigenvalue weighted by molar-refractivity contribution is -0.153. The number of phenols is 1. The van der Waals surface area contributed by atoms with Gasteiger partial charge in [0, 0.05) is 111 Å². The van der Waals surface area contributed by atoms with E-state index in [4.69, 9.17) is 29.2 Å². The molecule has 16 heteroatoms. The minimum Gasteiger partial charge on any atom is -0.508 e. The fraction of sp³-hybridized carbons (Fsp3) is 0.519. The van der Waals surface area contributed by atoms with Crippen LogP contribution in [0.2, 0.25) is 0 Å². The fourth-order valence-corrected chi connectivity index (χ4v) is 13.0. The van der Waals surface area contributed by atoms with Gasteiger partial charge in [0.2, 0.25) is 11.8 Å². The first-order chi connectivity index (χ1) is 34.2. The van der Waals surface area contributed by atoms with Gasteiger partial charge in [-0.05, 0) is 98.4 Å². The van der Waals surface area contributed by atoms with E-state index in [0.717, 1.165) is 140 Å². The Hall–Kier alpha value is -5.94. The second-order valence-electron chi connectivity index (χ2n) is 21.1. The van der Waals surface area contributed by atoms with Crippen LogP contribution in [0, 0.1) is 0 Å². The average Bonchev–Trinajstić information content (AvgIpc) is 3.88. The molecule has 0 radical (unpaired) electrons. The van der Waals surface area contributed by atoms with Gasteiger partial charge in [-0.1, -0.05) is 31.2 Å². The molecular formula is C54H61N9O7. The number of nitrogens with zero attached hydrogens (tertiary/aromatic N) is 7. The highest BCUT2D eigenvalue weighted by molar-refractivity contribution is 6.07. The lowest BCUT2D eigenvalue weighted by atomic mass is 9.79. The van der Waals surface area contributed by atoms with E-state index in [1.54, 1.807) is 4.90 Å². The van der Waals surface area contributed by atoms with Crippen LogP contribution >= 0.6 is 0 Å².